The fraction of sp³-hybridized carbons (Fsp3) is 0.391. The predicted octanol–water partition coefficient (Wildman–Crippen LogP) is 5.85. The van der Waals surface area contributed by atoms with Crippen molar-refractivity contribution in [1.29, 1.82) is 0 Å². The smallest absolute Gasteiger partial charge is 0.311 e. The van der Waals surface area contributed by atoms with Crippen LogP contribution in [0.3, 0.4) is 0 Å². The maximum Gasteiger partial charge on any atom is 0.311 e. The van der Waals surface area contributed by atoms with Crippen molar-refractivity contribution < 1.29 is 19.1 Å². The normalized spacial score (nSPS) is 12.3. The summed E-state index contributed by atoms with van der Waals surface area (Å²) in [5.74, 6) is -0.996. The molecule has 27 heavy (non-hydrogen) atoms. The molecule has 0 aliphatic rings. The molecule has 0 bridgehead atoms. The van der Waals surface area contributed by atoms with E-state index < -0.39 is 0 Å². The zero-order valence-corrected chi connectivity index (χ0v) is 16.0. The Labute approximate surface area is 164 Å². The number of ether oxygens (including phenoxy) is 2. The summed E-state index contributed by atoms with van der Waals surface area (Å²) < 4.78 is 9.58. The number of hydrogen-bond donors (Lipinski definition) is 0. The molecule has 0 spiro atoms. The summed E-state index contributed by atoms with van der Waals surface area (Å²) in [5.41, 5.74) is 0. The van der Waals surface area contributed by atoms with Crippen LogP contribution in [0.25, 0.3) is 0 Å². The third kappa shape index (κ3) is 19.6. The number of carbonyl (C=O) groups excluding carboxylic acids is 2. The zero-order valence-electron chi connectivity index (χ0n) is 16.0. The van der Waals surface area contributed by atoms with Crippen molar-refractivity contribution in [2.45, 2.75) is 47.5 Å². The maximum absolute atomic E-state index is 11.4. The van der Waals surface area contributed by atoms with E-state index in [1.54, 1.807) is 13.8 Å². The van der Waals surface area contributed by atoms with Gasteiger partial charge in [0.05, 0.1) is 5.92 Å². The average Bonchev–Trinajstić information content (AvgIpc) is 2.61. The van der Waals surface area contributed by atoms with Gasteiger partial charge in [-0.05, 0) is 12.8 Å². The van der Waals surface area contributed by atoms with Gasteiger partial charge in [0.2, 0.25) is 6.79 Å². The fourth-order valence-corrected chi connectivity index (χ4v) is 1.50. The van der Waals surface area contributed by atoms with E-state index in [1.165, 1.54) is 0 Å². The van der Waals surface area contributed by atoms with Gasteiger partial charge in [0.1, 0.15) is 0 Å². The monoisotopic (exact) mass is 374 g/mol. The van der Waals surface area contributed by atoms with E-state index in [-0.39, 0.29) is 38.5 Å². The van der Waals surface area contributed by atoms with Crippen molar-refractivity contribution >= 4 is 11.9 Å². The molecule has 0 aromatic heterocycles. The minimum Gasteiger partial charge on any atom is -0.428 e. The minimum absolute atomic E-state index is 0. The van der Waals surface area contributed by atoms with Gasteiger partial charge in [-0.2, -0.15) is 0 Å². The van der Waals surface area contributed by atoms with E-state index in [2.05, 4.69) is 13.0 Å². The summed E-state index contributed by atoms with van der Waals surface area (Å²) >= 11 is 0. The van der Waals surface area contributed by atoms with Crippen LogP contribution in [0.2, 0.25) is 0 Å². The molecular formula is C23H34O4. The topological polar surface area (TPSA) is 52.6 Å². The largest absolute Gasteiger partial charge is 0.428 e. The van der Waals surface area contributed by atoms with Gasteiger partial charge in [-0.3, -0.25) is 9.59 Å². The highest BCUT2D eigenvalue weighted by molar-refractivity contribution is 5.72. The van der Waals surface area contributed by atoms with E-state index >= 15 is 0 Å². The van der Waals surface area contributed by atoms with Crippen LogP contribution >= 0.6 is 0 Å². The molecule has 4 nitrogen and oxygen atoms in total. The summed E-state index contributed by atoms with van der Waals surface area (Å²) in [6.07, 6.45) is 25.3. The molecule has 0 unspecified atom stereocenters. The zero-order chi connectivity index (χ0) is 19.5. The lowest BCUT2D eigenvalue weighted by atomic mass is 10.2. The van der Waals surface area contributed by atoms with Gasteiger partial charge >= 0.3 is 11.9 Å². The van der Waals surface area contributed by atoms with Gasteiger partial charge in [-0.25, -0.2) is 0 Å². The minimum atomic E-state index is -0.387. The fourth-order valence-electron chi connectivity index (χ4n) is 1.50. The molecule has 0 N–H and O–H groups in total. The molecule has 0 saturated heterocycles. The molecule has 150 valence electrons. The highest BCUT2D eigenvalue weighted by Gasteiger charge is 2.09. The van der Waals surface area contributed by atoms with Crippen LogP contribution in [-0.2, 0) is 19.1 Å². The third-order valence-electron chi connectivity index (χ3n) is 2.92. The van der Waals surface area contributed by atoms with Gasteiger partial charge in [-0.1, -0.05) is 101 Å². The first-order chi connectivity index (χ1) is 12.6. The Morgan fingerprint density at radius 1 is 0.778 bits per heavy atom. The van der Waals surface area contributed by atoms with Crippen molar-refractivity contribution in [2.75, 3.05) is 6.79 Å². The molecule has 0 rings (SSSR count). The van der Waals surface area contributed by atoms with Crippen molar-refractivity contribution in [2.24, 2.45) is 5.92 Å². The van der Waals surface area contributed by atoms with Gasteiger partial charge in [-0.15, -0.1) is 0 Å². The van der Waals surface area contributed by atoms with Crippen molar-refractivity contribution in [3.05, 3.63) is 72.9 Å². The Morgan fingerprint density at radius 3 is 1.74 bits per heavy atom. The number of hydrogen-bond acceptors (Lipinski definition) is 4. The summed E-state index contributed by atoms with van der Waals surface area (Å²) in [7, 11) is 0. The first-order valence-corrected chi connectivity index (χ1v) is 8.88. The number of esters is 2. The maximum atomic E-state index is 11.4. The van der Waals surface area contributed by atoms with Crippen LogP contribution in [-0.4, -0.2) is 18.7 Å². The molecule has 0 aromatic rings. The molecule has 4 heteroatoms. The number of allylic oxidation sites excluding steroid dienone is 12. The Bertz CT molecular complexity index is 561. The van der Waals surface area contributed by atoms with Crippen molar-refractivity contribution in [3.8, 4) is 0 Å². The molecular weight excluding hydrogens is 340 g/mol. The first kappa shape index (κ1) is 26.6. The van der Waals surface area contributed by atoms with Gasteiger partial charge in [0.15, 0.2) is 0 Å². The van der Waals surface area contributed by atoms with Crippen molar-refractivity contribution in [3.63, 3.8) is 0 Å². The standard InChI is InChI=1S/C22H30O4.CH4/c1-4-5-6-7-8-9-10-11-12-13-14-15-16-17-18-21(23)25-19-26-22(24)20(2)3;/h5-16,20H,4,17-19H2,1-3H3;1H4/b6-5+,8-7+,10-9+,12-11+,14-13+,16-15?;. The molecule has 0 radical (unpaired) electrons. The quantitative estimate of drug-likeness (QED) is 0.244. The molecule has 0 atom stereocenters. The highest BCUT2D eigenvalue weighted by atomic mass is 16.7. The molecule has 0 fully saturated rings. The lowest BCUT2D eigenvalue weighted by Crippen LogP contribution is -2.16. The van der Waals surface area contributed by atoms with Crippen LogP contribution in [0.15, 0.2) is 72.9 Å². The van der Waals surface area contributed by atoms with Crippen LogP contribution in [0.4, 0.5) is 0 Å². The van der Waals surface area contributed by atoms with Crippen LogP contribution in [0, 0.1) is 5.92 Å². The molecule has 0 amide bonds. The van der Waals surface area contributed by atoms with E-state index in [0.717, 1.165) is 6.42 Å². The lowest BCUT2D eigenvalue weighted by Gasteiger charge is -2.07. The van der Waals surface area contributed by atoms with Crippen LogP contribution in [0.1, 0.15) is 47.5 Å². The summed E-state index contributed by atoms with van der Waals surface area (Å²) in [4.78, 5) is 22.6. The first-order valence-electron chi connectivity index (χ1n) is 8.88. The van der Waals surface area contributed by atoms with E-state index in [1.807, 2.05) is 66.8 Å². The lowest BCUT2D eigenvalue weighted by molar-refractivity contribution is -0.169. The Kier molecular flexibility index (Phi) is 19.4. The summed E-state index contributed by atoms with van der Waals surface area (Å²) in [6.45, 7) is 5.22. The molecule has 0 aliphatic carbocycles. The molecule has 0 aromatic carbocycles. The van der Waals surface area contributed by atoms with Crippen molar-refractivity contribution in [1.82, 2.24) is 0 Å². The molecule has 0 saturated carbocycles. The van der Waals surface area contributed by atoms with Gasteiger partial charge < -0.3 is 9.47 Å². The van der Waals surface area contributed by atoms with Gasteiger partial charge in [0, 0.05) is 6.42 Å². The number of carbonyl (C=O) groups is 2. The molecule has 0 aliphatic heterocycles. The van der Waals surface area contributed by atoms with Crippen LogP contribution < -0.4 is 0 Å². The Hall–Kier alpha value is -2.62. The highest BCUT2D eigenvalue weighted by Crippen LogP contribution is 1.98. The Balaban J connectivity index is 0. The molecule has 0 heterocycles. The van der Waals surface area contributed by atoms with Crippen LogP contribution in [0.5, 0.6) is 0 Å². The second-order valence-electron chi connectivity index (χ2n) is 5.60. The summed E-state index contributed by atoms with van der Waals surface area (Å²) in [5, 5.41) is 0. The number of rotatable bonds is 12. The van der Waals surface area contributed by atoms with E-state index in [4.69, 9.17) is 9.47 Å². The predicted molar refractivity (Wildman–Crippen MR) is 113 cm³/mol. The second kappa shape index (κ2) is 19.7. The Morgan fingerprint density at radius 2 is 1.26 bits per heavy atom. The van der Waals surface area contributed by atoms with E-state index in [9.17, 15) is 9.59 Å². The third-order valence-corrected chi connectivity index (χ3v) is 2.92. The van der Waals surface area contributed by atoms with Gasteiger partial charge in [0.25, 0.3) is 0 Å². The summed E-state index contributed by atoms with van der Waals surface area (Å²) in [6, 6.07) is 0. The second-order valence-corrected chi connectivity index (χ2v) is 5.60. The van der Waals surface area contributed by atoms with E-state index in [0.29, 0.717) is 6.42 Å². The SMILES string of the molecule is C.CC/C=C/C=C/C=C/C=C/C=C/C=CCCC(=O)OCOC(=O)C(C)C. The average molecular weight is 375 g/mol.